The molecule has 0 N–H and O–H groups in total. The molecule has 0 aromatic heterocycles. The average Bonchev–Trinajstić information content (AvgIpc) is 1.59. The van der Waals surface area contributed by atoms with E-state index in [1.54, 1.807) is 7.11 Å². The molecule has 0 aliphatic carbocycles. The van der Waals surface area contributed by atoms with Gasteiger partial charge in [-0.05, 0) is 20.8 Å². The Hall–Kier alpha value is 0.137. The maximum absolute atomic E-state index is 5.30. The molecule has 8 heavy (non-hydrogen) atoms. The highest BCUT2D eigenvalue weighted by Gasteiger charge is 2.07. The van der Waals surface area contributed by atoms with Crippen LogP contribution >= 0.6 is 0 Å². The van der Waals surface area contributed by atoms with E-state index in [0.717, 1.165) is 0 Å². The van der Waals surface area contributed by atoms with Crippen molar-refractivity contribution in [3.05, 3.63) is 0 Å². The summed E-state index contributed by atoms with van der Waals surface area (Å²) in [5.74, 6) is 0. The molecule has 0 aromatic carbocycles. The molecule has 0 atom stereocenters. The summed E-state index contributed by atoms with van der Waals surface area (Å²) in [5, 5.41) is 0. The average molecular weight is 134 g/mol. The molecule has 3 heteroatoms. The number of hydrogen-bond acceptors (Lipinski definition) is 2. The van der Waals surface area contributed by atoms with Gasteiger partial charge >= 0.3 is 10.0 Å². The SMILES string of the molecule is CO[SiH2]OC(C)(C)C. The van der Waals surface area contributed by atoms with Crippen LogP contribution in [0, 0.1) is 0 Å². The molecule has 0 saturated heterocycles. The van der Waals surface area contributed by atoms with Crippen LogP contribution in [0.3, 0.4) is 0 Å². The van der Waals surface area contributed by atoms with Gasteiger partial charge in [-0.3, -0.25) is 0 Å². The lowest BCUT2D eigenvalue weighted by atomic mass is 10.2. The third kappa shape index (κ3) is 6.14. The Morgan fingerprint density at radius 2 is 1.75 bits per heavy atom. The van der Waals surface area contributed by atoms with E-state index in [-0.39, 0.29) is 5.60 Å². The van der Waals surface area contributed by atoms with E-state index in [4.69, 9.17) is 8.85 Å². The van der Waals surface area contributed by atoms with Crippen LogP contribution in [0.25, 0.3) is 0 Å². The van der Waals surface area contributed by atoms with Crippen LogP contribution in [0.1, 0.15) is 20.8 Å². The Kier molecular flexibility index (Phi) is 3.27. The van der Waals surface area contributed by atoms with Crippen LogP contribution in [0.15, 0.2) is 0 Å². The summed E-state index contributed by atoms with van der Waals surface area (Å²) in [6, 6.07) is 0. The quantitative estimate of drug-likeness (QED) is 0.510. The van der Waals surface area contributed by atoms with Crippen molar-refractivity contribution in [3.63, 3.8) is 0 Å². The molecule has 0 heterocycles. The van der Waals surface area contributed by atoms with Crippen molar-refractivity contribution in [1.82, 2.24) is 0 Å². The second kappa shape index (κ2) is 3.22. The first-order chi connectivity index (χ1) is 3.56. The topological polar surface area (TPSA) is 18.5 Å². The van der Waals surface area contributed by atoms with E-state index in [1.165, 1.54) is 0 Å². The first-order valence-electron chi connectivity index (χ1n) is 2.69. The molecule has 0 aliphatic heterocycles. The normalized spacial score (nSPS) is 13.5. The highest BCUT2D eigenvalue weighted by atomic mass is 28.3. The summed E-state index contributed by atoms with van der Waals surface area (Å²) in [6.45, 7) is 6.08. The van der Waals surface area contributed by atoms with Gasteiger partial charge in [0.15, 0.2) is 0 Å². The zero-order valence-electron chi connectivity index (χ0n) is 6.02. The minimum Gasteiger partial charge on any atom is -0.402 e. The van der Waals surface area contributed by atoms with Gasteiger partial charge in [-0.15, -0.1) is 0 Å². The van der Waals surface area contributed by atoms with Crippen molar-refractivity contribution in [1.29, 1.82) is 0 Å². The molecule has 0 fully saturated rings. The van der Waals surface area contributed by atoms with Crippen molar-refractivity contribution in [2.75, 3.05) is 7.11 Å². The minimum absolute atomic E-state index is 0.0117. The van der Waals surface area contributed by atoms with Crippen molar-refractivity contribution in [3.8, 4) is 0 Å². The van der Waals surface area contributed by atoms with Crippen molar-refractivity contribution in [2.24, 2.45) is 0 Å². The van der Waals surface area contributed by atoms with Gasteiger partial charge in [-0.2, -0.15) is 0 Å². The fraction of sp³-hybridized carbons (Fsp3) is 1.00. The standard InChI is InChI=1S/C5H14O2Si/c1-5(2,3)7-8-6-4/h8H2,1-4H3. The fourth-order valence-corrected chi connectivity index (χ4v) is 0.707. The summed E-state index contributed by atoms with van der Waals surface area (Å²) in [7, 11) is 0.996. The van der Waals surface area contributed by atoms with Gasteiger partial charge in [0, 0.05) is 12.7 Å². The van der Waals surface area contributed by atoms with Crippen LogP contribution in [0.2, 0.25) is 0 Å². The van der Waals surface area contributed by atoms with E-state index in [1.807, 2.05) is 20.8 Å². The minimum atomic E-state index is -0.682. The first kappa shape index (κ1) is 8.14. The lowest BCUT2D eigenvalue weighted by molar-refractivity contribution is 0.107. The van der Waals surface area contributed by atoms with E-state index in [0.29, 0.717) is 0 Å². The highest BCUT2D eigenvalue weighted by molar-refractivity contribution is 6.18. The Morgan fingerprint density at radius 3 is 1.88 bits per heavy atom. The van der Waals surface area contributed by atoms with Crippen LogP contribution in [0.4, 0.5) is 0 Å². The molecule has 0 spiro atoms. The fourth-order valence-electron chi connectivity index (χ4n) is 0.236. The predicted molar refractivity (Wildman–Crippen MR) is 36.4 cm³/mol. The second-order valence-corrected chi connectivity index (χ2v) is 3.76. The summed E-state index contributed by atoms with van der Waals surface area (Å²) in [4.78, 5) is 0. The molecule has 0 rings (SSSR count). The molecule has 0 aliphatic rings. The summed E-state index contributed by atoms with van der Waals surface area (Å²) >= 11 is 0. The molecule has 0 unspecified atom stereocenters. The molecule has 0 aromatic rings. The smallest absolute Gasteiger partial charge is 0.304 e. The zero-order valence-corrected chi connectivity index (χ0v) is 7.44. The predicted octanol–water partition coefficient (Wildman–Crippen LogP) is 0.447. The second-order valence-electron chi connectivity index (χ2n) is 2.66. The molecule has 0 bridgehead atoms. The van der Waals surface area contributed by atoms with Crippen molar-refractivity contribution >= 4 is 10.0 Å². The van der Waals surface area contributed by atoms with Gasteiger partial charge in [0.25, 0.3) is 0 Å². The van der Waals surface area contributed by atoms with Crippen LogP contribution in [0.5, 0.6) is 0 Å². The Labute approximate surface area is 53.2 Å². The lowest BCUT2D eigenvalue weighted by Gasteiger charge is -2.18. The number of rotatable bonds is 2. The number of hydrogen-bond donors (Lipinski definition) is 0. The third-order valence-corrected chi connectivity index (χ3v) is 1.83. The molecular formula is C5H14O2Si. The van der Waals surface area contributed by atoms with Gasteiger partial charge < -0.3 is 8.85 Å². The van der Waals surface area contributed by atoms with E-state index >= 15 is 0 Å². The zero-order chi connectivity index (χ0) is 6.62. The van der Waals surface area contributed by atoms with Gasteiger partial charge in [-0.1, -0.05) is 0 Å². The molecular weight excluding hydrogens is 120 g/mol. The van der Waals surface area contributed by atoms with Gasteiger partial charge in [-0.25, -0.2) is 0 Å². The third-order valence-electron chi connectivity index (χ3n) is 0.610. The molecule has 0 radical (unpaired) electrons. The Balaban J connectivity index is 3.11. The summed E-state index contributed by atoms with van der Waals surface area (Å²) in [5.41, 5.74) is -0.0117. The van der Waals surface area contributed by atoms with Gasteiger partial charge in [0.05, 0.1) is 0 Å². The Morgan fingerprint density at radius 1 is 1.25 bits per heavy atom. The summed E-state index contributed by atoms with van der Waals surface area (Å²) < 4.78 is 10.1. The van der Waals surface area contributed by atoms with Crippen molar-refractivity contribution < 1.29 is 8.85 Å². The maximum atomic E-state index is 5.30. The lowest BCUT2D eigenvalue weighted by Crippen LogP contribution is -2.22. The van der Waals surface area contributed by atoms with Crippen LogP contribution < -0.4 is 0 Å². The molecule has 0 amide bonds. The van der Waals surface area contributed by atoms with Gasteiger partial charge in [0.1, 0.15) is 0 Å². The molecule has 50 valence electrons. The summed E-state index contributed by atoms with van der Waals surface area (Å²) in [6.07, 6.45) is 0. The first-order valence-corrected chi connectivity index (χ1v) is 3.84. The largest absolute Gasteiger partial charge is 0.402 e. The molecule has 0 saturated carbocycles. The van der Waals surface area contributed by atoms with E-state index in [2.05, 4.69) is 0 Å². The van der Waals surface area contributed by atoms with Crippen LogP contribution in [-0.4, -0.2) is 22.7 Å². The van der Waals surface area contributed by atoms with Crippen molar-refractivity contribution in [2.45, 2.75) is 26.4 Å². The Bertz CT molecular complexity index is 57.9. The van der Waals surface area contributed by atoms with Gasteiger partial charge in [0.2, 0.25) is 0 Å². The van der Waals surface area contributed by atoms with E-state index < -0.39 is 10.0 Å². The monoisotopic (exact) mass is 134 g/mol. The molecule has 2 nitrogen and oxygen atoms in total. The maximum Gasteiger partial charge on any atom is 0.304 e. The van der Waals surface area contributed by atoms with Crippen LogP contribution in [-0.2, 0) is 8.85 Å². The van der Waals surface area contributed by atoms with E-state index in [9.17, 15) is 0 Å². The highest BCUT2D eigenvalue weighted by Crippen LogP contribution is 2.03.